The van der Waals surface area contributed by atoms with Crippen molar-refractivity contribution < 1.29 is 0 Å². The summed E-state index contributed by atoms with van der Waals surface area (Å²) in [7, 11) is 7.41. The maximum absolute atomic E-state index is 5.45. The Morgan fingerprint density at radius 1 is 0.536 bits per heavy atom. The molecule has 0 rings (SSSR count). The van der Waals surface area contributed by atoms with Gasteiger partial charge in [0.05, 0.1) is 0 Å². The van der Waals surface area contributed by atoms with Crippen LogP contribution >= 0.6 is 67.6 Å². The Hall–Kier alpha value is 1.18. The highest BCUT2D eigenvalue weighted by molar-refractivity contribution is 8.84. The maximum Gasteiger partial charge on any atom is 0.147 e. The molecule has 0 N–H and O–H groups in total. The van der Waals surface area contributed by atoms with Crippen LogP contribution in [0.25, 0.3) is 0 Å². The summed E-state index contributed by atoms with van der Waals surface area (Å²) in [5.74, 6) is 2.44. The van der Waals surface area contributed by atoms with Gasteiger partial charge in [-0.15, -0.1) is 0 Å². The predicted octanol–water partition coefficient (Wildman–Crippen LogP) is 8.12. The minimum absolute atomic E-state index is 1.02. The first-order valence-corrected chi connectivity index (χ1v) is 16.2. The molecule has 28 heavy (non-hydrogen) atoms. The van der Waals surface area contributed by atoms with Gasteiger partial charge in [0.2, 0.25) is 0 Å². The van der Waals surface area contributed by atoms with Crippen LogP contribution in [0.3, 0.4) is 0 Å². The molecular formula is C20H40N2S6. The second-order valence-corrected chi connectivity index (χ2v) is 12.6. The summed E-state index contributed by atoms with van der Waals surface area (Å²) < 4.78 is 2.09. The van der Waals surface area contributed by atoms with Crippen LogP contribution in [0.5, 0.6) is 0 Å². The van der Waals surface area contributed by atoms with Crippen molar-refractivity contribution in [3.8, 4) is 0 Å². The third kappa shape index (κ3) is 15.9. The minimum atomic E-state index is 1.02. The lowest BCUT2D eigenvalue weighted by atomic mass is 10.1. The van der Waals surface area contributed by atoms with Gasteiger partial charge in [-0.2, -0.15) is 0 Å². The van der Waals surface area contributed by atoms with Gasteiger partial charge in [-0.3, -0.25) is 0 Å². The summed E-state index contributed by atoms with van der Waals surface area (Å²) in [6.45, 7) is 12.7. The number of hydrogen-bond donors (Lipinski definition) is 0. The van der Waals surface area contributed by atoms with Gasteiger partial charge in [0.1, 0.15) is 8.64 Å². The minimum Gasteiger partial charge on any atom is -0.357 e. The van der Waals surface area contributed by atoms with Crippen molar-refractivity contribution in [2.45, 2.75) is 79.1 Å². The van der Waals surface area contributed by atoms with E-state index >= 15 is 0 Å². The Balaban J connectivity index is 3.32. The zero-order chi connectivity index (χ0) is 21.0. The summed E-state index contributed by atoms with van der Waals surface area (Å²) in [6.07, 6.45) is 10.9. The van der Waals surface area contributed by atoms with Gasteiger partial charge in [-0.05, 0) is 62.1 Å². The molecule has 0 aromatic heterocycles. The van der Waals surface area contributed by atoms with Gasteiger partial charge in [-0.1, -0.05) is 84.5 Å². The SMILES string of the molecule is CCN(CC)C(=S)SSCCCCCCCCCCSSC(=S)N(CC)CC. The van der Waals surface area contributed by atoms with Crippen LogP contribution in [0.2, 0.25) is 0 Å². The third-order valence-electron chi connectivity index (χ3n) is 4.51. The van der Waals surface area contributed by atoms with E-state index in [1.165, 1.54) is 62.9 Å². The van der Waals surface area contributed by atoms with Crippen LogP contribution in [-0.4, -0.2) is 56.1 Å². The van der Waals surface area contributed by atoms with E-state index in [1.54, 1.807) is 21.6 Å². The van der Waals surface area contributed by atoms with Gasteiger partial charge in [0, 0.05) is 37.7 Å². The van der Waals surface area contributed by atoms with Crippen molar-refractivity contribution in [1.29, 1.82) is 0 Å². The van der Waals surface area contributed by atoms with Gasteiger partial charge >= 0.3 is 0 Å². The van der Waals surface area contributed by atoms with Crippen LogP contribution in [-0.2, 0) is 0 Å². The molecule has 166 valence electrons. The first kappa shape index (κ1) is 29.2. The molecular weight excluding hydrogens is 461 g/mol. The highest BCUT2D eigenvalue weighted by Crippen LogP contribution is 2.27. The largest absolute Gasteiger partial charge is 0.357 e. The lowest BCUT2D eigenvalue weighted by molar-refractivity contribution is 0.482. The molecule has 0 aliphatic heterocycles. The topological polar surface area (TPSA) is 6.48 Å². The first-order chi connectivity index (χ1) is 13.6. The molecule has 0 saturated carbocycles. The van der Waals surface area contributed by atoms with Crippen molar-refractivity contribution in [3.05, 3.63) is 0 Å². The van der Waals surface area contributed by atoms with E-state index < -0.39 is 0 Å². The van der Waals surface area contributed by atoms with Crippen LogP contribution in [0, 0.1) is 0 Å². The molecule has 0 bridgehead atoms. The van der Waals surface area contributed by atoms with E-state index in [0.717, 1.165) is 34.8 Å². The van der Waals surface area contributed by atoms with Crippen LogP contribution < -0.4 is 0 Å². The standard InChI is InChI=1S/C20H40N2S6/c1-5-21(6-2)19(23)27-25-17-15-13-11-9-10-12-14-16-18-26-28-20(24)22(7-3)8-4/h5-18H2,1-4H3. The molecule has 0 aliphatic rings. The molecule has 0 radical (unpaired) electrons. The summed E-state index contributed by atoms with van der Waals surface area (Å²) in [4.78, 5) is 4.51. The van der Waals surface area contributed by atoms with Crippen LogP contribution in [0.4, 0.5) is 0 Å². The second kappa shape index (κ2) is 21.4. The molecule has 0 atom stereocenters. The summed E-state index contributed by atoms with van der Waals surface area (Å²) >= 11 is 10.9. The highest BCUT2D eigenvalue weighted by Gasteiger charge is 2.06. The Labute approximate surface area is 201 Å². The number of unbranched alkanes of at least 4 members (excludes halogenated alkanes) is 7. The Morgan fingerprint density at radius 3 is 1.11 bits per heavy atom. The molecule has 0 fully saturated rings. The predicted molar refractivity (Wildman–Crippen MR) is 148 cm³/mol. The van der Waals surface area contributed by atoms with E-state index in [0.29, 0.717) is 0 Å². The third-order valence-corrected chi connectivity index (χ3v) is 10.8. The lowest BCUT2D eigenvalue weighted by Crippen LogP contribution is -2.26. The van der Waals surface area contributed by atoms with Crippen LogP contribution in [0.1, 0.15) is 79.1 Å². The van der Waals surface area contributed by atoms with Crippen molar-refractivity contribution in [1.82, 2.24) is 9.80 Å². The fourth-order valence-electron chi connectivity index (χ4n) is 2.64. The van der Waals surface area contributed by atoms with E-state index in [-0.39, 0.29) is 0 Å². The second-order valence-electron chi connectivity index (χ2n) is 6.52. The van der Waals surface area contributed by atoms with Crippen LogP contribution in [0.15, 0.2) is 0 Å². The highest BCUT2D eigenvalue weighted by atomic mass is 33.1. The number of thiocarbonyl (C=S) groups is 2. The van der Waals surface area contributed by atoms with Gasteiger partial charge < -0.3 is 9.80 Å². The summed E-state index contributed by atoms with van der Waals surface area (Å²) in [5, 5.41) is 0. The Kier molecular flexibility index (Phi) is 22.3. The van der Waals surface area contributed by atoms with E-state index in [4.69, 9.17) is 24.4 Å². The van der Waals surface area contributed by atoms with E-state index in [1.807, 2.05) is 21.6 Å². The monoisotopic (exact) mass is 500 g/mol. The fourth-order valence-corrected chi connectivity index (χ4v) is 8.20. The quantitative estimate of drug-likeness (QED) is 0.111. The molecule has 8 heteroatoms. The maximum atomic E-state index is 5.45. The lowest BCUT2D eigenvalue weighted by Gasteiger charge is -2.20. The zero-order valence-corrected chi connectivity index (χ0v) is 23.1. The Bertz CT molecular complexity index is 351. The van der Waals surface area contributed by atoms with Gasteiger partial charge in [0.15, 0.2) is 0 Å². The first-order valence-electron chi connectivity index (χ1n) is 10.8. The summed E-state index contributed by atoms with van der Waals surface area (Å²) in [6, 6.07) is 0. The fraction of sp³-hybridized carbons (Fsp3) is 0.900. The van der Waals surface area contributed by atoms with E-state index in [9.17, 15) is 0 Å². The van der Waals surface area contributed by atoms with Crippen molar-refractivity contribution in [2.75, 3.05) is 37.7 Å². The molecule has 0 saturated heterocycles. The van der Waals surface area contributed by atoms with Gasteiger partial charge in [0.25, 0.3) is 0 Å². The molecule has 0 aromatic rings. The normalized spacial score (nSPS) is 10.9. The molecule has 0 aliphatic carbocycles. The number of rotatable bonds is 17. The molecule has 0 spiro atoms. The zero-order valence-electron chi connectivity index (χ0n) is 18.2. The summed E-state index contributed by atoms with van der Waals surface area (Å²) in [5.41, 5.74) is 0. The average molecular weight is 501 g/mol. The van der Waals surface area contributed by atoms with Gasteiger partial charge in [-0.25, -0.2) is 0 Å². The molecule has 0 amide bonds. The van der Waals surface area contributed by atoms with Crippen molar-refractivity contribution >= 4 is 76.3 Å². The smallest absolute Gasteiger partial charge is 0.147 e. The molecule has 0 heterocycles. The molecule has 0 unspecified atom stereocenters. The van der Waals surface area contributed by atoms with Crippen molar-refractivity contribution in [3.63, 3.8) is 0 Å². The van der Waals surface area contributed by atoms with Crippen molar-refractivity contribution in [2.24, 2.45) is 0 Å². The number of nitrogens with zero attached hydrogens (tertiary/aromatic N) is 2. The molecule has 2 nitrogen and oxygen atoms in total. The average Bonchev–Trinajstić information content (AvgIpc) is 2.70. The Morgan fingerprint density at radius 2 is 0.821 bits per heavy atom. The van der Waals surface area contributed by atoms with E-state index in [2.05, 4.69) is 37.5 Å². The number of hydrogen-bond acceptors (Lipinski definition) is 6. The molecule has 0 aromatic carbocycles.